The maximum atomic E-state index is 11.5. The number of hydrogen-bond acceptors (Lipinski definition) is 6. The van der Waals surface area contributed by atoms with Crippen LogP contribution >= 0.6 is 12.2 Å². The van der Waals surface area contributed by atoms with Gasteiger partial charge in [0.05, 0.1) is 6.54 Å². The van der Waals surface area contributed by atoms with Gasteiger partial charge in [-0.15, -0.1) is 0 Å². The maximum absolute atomic E-state index is 11.5. The SMILES string of the molecule is CCNC(=S)N1CCN(CCN=Cc2c(O)[nH]c(=O)[nH]c2=O)CC1. The number of piperazine rings is 1. The highest BCUT2D eigenvalue weighted by Crippen LogP contribution is 2.03. The Balaban J connectivity index is 1.79. The molecule has 0 bridgehead atoms. The van der Waals surface area contributed by atoms with Gasteiger partial charge in [-0.1, -0.05) is 0 Å². The summed E-state index contributed by atoms with van der Waals surface area (Å²) in [4.78, 5) is 35.2. The van der Waals surface area contributed by atoms with Crippen LogP contribution in [0.4, 0.5) is 0 Å². The number of nitrogens with one attached hydrogen (secondary N) is 3. The molecule has 0 unspecified atom stereocenters. The summed E-state index contributed by atoms with van der Waals surface area (Å²) in [6.07, 6.45) is 1.28. The molecule has 1 aromatic rings. The number of hydrogen-bond donors (Lipinski definition) is 4. The lowest BCUT2D eigenvalue weighted by Crippen LogP contribution is -2.52. The van der Waals surface area contributed by atoms with E-state index in [1.165, 1.54) is 6.21 Å². The number of H-pyrrole nitrogens is 2. The van der Waals surface area contributed by atoms with Crippen molar-refractivity contribution >= 4 is 23.5 Å². The summed E-state index contributed by atoms with van der Waals surface area (Å²) in [5.41, 5.74) is -1.45. The molecule has 0 aromatic carbocycles. The van der Waals surface area contributed by atoms with Gasteiger partial charge in [-0.25, -0.2) is 4.79 Å². The molecule has 2 rings (SSSR count). The van der Waals surface area contributed by atoms with Gasteiger partial charge in [0.2, 0.25) is 5.88 Å². The minimum Gasteiger partial charge on any atom is -0.494 e. The Kier molecular flexibility index (Phi) is 6.50. The van der Waals surface area contributed by atoms with E-state index < -0.39 is 17.1 Å². The fourth-order valence-corrected chi connectivity index (χ4v) is 2.72. The second kappa shape index (κ2) is 8.60. The van der Waals surface area contributed by atoms with Crippen LogP contribution in [0.2, 0.25) is 0 Å². The van der Waals surface area contributed by atoms with Crippen LogP contribution in [-0.4, -0.2) is 82.0 Å². The van der Waals surface area contributed by atoms with Gasteiger partial charge in [-0.05, 0) is 19.1 Å². The summed E-state index contributed by atoms with van der Waals surface area (Å²) in [5.74, 6) is -0.474. The van der Waals surface area contributed by atoms with Crippen LogP contribution in [0.3, 0.4) is 0 Å². The predicted octanol–water partition coefficient (Wildman–Crippen LogP) is -1.30. The van der Waals surface area contributed by atoms with Gasteiger partial charge in [0.1, 0.15) is 5.56 Å². The fourth-order valence-electron chi connectivity index (χ4n) is 2.40. The highest BCUT2D eigenvalue weighted by Gasteiger charge is 2.17. The molecule has 1 aromatic heterocycles. The molecule has 0 atom stereocenters. The highest BCUT2D eigenvalue weighted by molar-refractivity contribution is 7.80. The minimum absolute atomic E-state index is 0.0459. The number of aromatic nitrogens is 2. The third-order valence-corrected chi connectivity index (χ3v) is 4.11. The molecular formula is C14H22N6O3S. The molecular weight excluding hydrogens is 332 g/mol. The predicted molar refractivity (Wildman–Crippen MR) is 96.1 cm³/mol. The number of aliphatic imine (C=N–C) groups is 1. The van der Waals surface area contributed by atoms with E-state index in [0.29, 0.717) is 6.54 Å². The average Bonchev–Trinajstić information content (AvgIpc) is 2.54. The lowest BCUT2D eigenvalue weighted by molar-refractivity contribution is 0.186. The van der Waals surface area contributed by atoms with E-state index in [1.807, 2.05) is 11.9 Å². The molecule has 2 heterocycles. The van der Waals surface area contributed by atoms with Crippen molar-refractivity contribution in [2.75, 3.05) is 45.8 Å². The molecule has 1 aliphatic heterocycles. The van der Waals surface area contributed by atoms with Crippen molar-refractivity contribution in [1.82, 2.24) is 25.1 Å². The summed E-state index contributed by atoms with van der Waals surface area (Å²) >= 11 is 5.30. The lowest BCUT2D eigenvalue weighted by atomic mass is 10.3. The summed E-state index contributed by atoms with van der Waals surface area (Å²) in [5, 5.41) is 13.5. The van der Waals surface area contributed by atoms with E-state index >= 15 is 0 Å². The Hall–Kier alpha value is -2.20. The quantitative estimate of drug-likeness (QED) is 0.383. The fraction of sp³-hybridized carbons (Fsp3) is 0.571. The molecule has 24 heavy (non-hydrogen) atoms. The van der Waals surface area contributed by atoms with Crippen molar-refractivity contribution in [3.05, 3.63) is 26.4 Å². The van der Waals surface area contributed by atoms with Gasteiger partial charge >= 0.3 is 5.69 Å². The molecule has 1 saturated heterocycles. The number of rotatable bonds is 5. The number of aromatic amines is 2. The second-order valence-electron chi connectivity index (χ2n) is 5.37. The molecule has 1 fully saturated rings. The first-order valence-corrected chi connectivity index (χ1v) is 8.22. The van der Waals surface area contributed by atoms with Crippen LogP contribution in [-0.2, 0) is 0 Å². The van der Waals surface area contributed by atoms with Gasteiger partial charge in [0.15, 0.2) is 5.11 Å². The molecule has 132 valence electrons. The van der Waals surface area contributed by atoms with Gasteiger partial charge in [-0.3, -0.25) is 24.7 Å². The molecule has 1 aliphatic rings. The zero-order valence-corrected chi connectivity index (χ0v) is 14.4. The van der Waals surface area contributed by atoms with Gasteiger partial charge in [0, 0.05) is 45.5 Å². The summed E-state index contributed by atoms with van der Waals surface area (Å²) in [6, 6.07) is 0. The van der Waals surface area contributed by atoms with E-state index in [1.54, 1.807) is 0 Å². The summed E-state index contributed by atoms with van der Waals surface area (Å²) in [6.45, 7) is 7.62. The van der Waals surface area contributed by atoms with Gasteiger partial charge in [0.25, 0.3) is 5.56 Å². The Labute approximate surface area is 144 Å². The van der Waals surface area contributed by atoms with Crippen LogP contribution < -0.4 is 16.6 Å². The van der Waals surface area contributed by atoms with Crippen LogP contribution in [0.25, 0.3) is 0 Å². The molecule has 4 N–H and O–H groups in total. The van der Waals surface area contributed by atoms with Crippen LogP contribution in [0.5, 0.6) is 5.88 Å². The van der Waals surface area contributed by atoms with E-state index in [-0.39, 0.29) is 5.56 Å². The van der Waals surface area contributed by atoms with Gasteiger partial charge in [-0.2, -0.15) is 0 Å². The van der Waals surface area contributed by atoms with E-state index in [4.69, 9.17) is 12.2 Å². The molecule has 9 nitrogen and oxygen atoms in total. The van der Waals surface area contributed by atoms with E-state index in [0.717, 1.165) is 44.4 Å². The van der Waals surface area contributed by atoms with Crippen LogP contribution in [0.15, 0.2) is 14.6 Å². The van der Waals surface area contributed by atoms with Crippen molar-refractivity contribution < 1.29 is 5.11 Å². The number of thiocarbonyl (C=S) groups is 1. The first kappa shape index (κ1) is 18.1. The standard InChI is InChI=1S/C14H22N6O3S/c1-2-16-14(24)20-7-5-19(6-8-20)4-3-15-9-10-11(21)17-13(23)18-12(10)22/h9H,2-8H2,1H3,(H,16,24)(H3,17,18,21,22,23). The zero-order valence-electron chi connectivity index (χ0n) is 13.5. The summed E-state index contributed by atoms with van der Waals surface area (Å²) in [7, 11) is 0. The Morgan fingerprint density at radius 1 is 1.33 bits per heavy atom. The Morgan fingerprint density at radius 3 is 2.67 bits per heavy atom. The Bertz CT molecular complexity index is 705. The molecule has 10 heteroatoms. The molecule has 0 aliphatic carbocycles. The maximum Gasteiger partial charge on any atom is 0.328 e. The molecule has 0 spiro atoms. The largest absolute Gasteiger partial charge is 0.494 e. The van der Waals surface area contributed by atoms with Crippen LogP contribution in [0.1, 0.15) is 12.5 Å². The van der Waals surface area contributed by atoms with Crippen molar-refractivity contribution in [2.24, 2.45) is 4.99 Å². The second-order valence-corrected chi connectivity index (χ2v) is 5.76. The third-order valence-electron chi connectivity index (χ3n) is 3.71. The number of aromatic hydroxyl groups is 1. The average molecular weight is 354 g/mol. The smallest absolute Gasteiger partial charge is 0.328 e. The van der Waals surface area contributed by atoms with E-state index in [9.17, 15) is 14.7 Å². The minimum atomic E-state index is -0.747. The first-order valence-electron chi connectivity index (χ1n) is 7.81. The van der Waals surface area contributed by atoms with Crippen molar-refractivity contribution in [2.45, 2.75) is 6.92 Å². The monoisotopic (exact) mass is 354 g/mol. The van der Waals surface area contributed by atoms with Gasteiger partial charge < -0.3 is 15.3 Å². The normalized spacial score (nSPS) is 15.8. The lowest BCUT2D eigenvalue weighted by Gasteiger charge is -2.35. The topological polar surface area (TPSA) is 117 Å². The Morgan fingerprint density at radius 2 is 2.04 bits per heavy atom. The van der Waals surface area contributed by atoms with Crippen LogP contribution in [0, 0.1) is 0 Å². The molecule has 0 amide bonds. The van der Waals surface area contributed by atoms with Crippen molar-refractivity contribution in [3.63, 3.8) is 0 Å². The van der Waals surface area contributed by atoms with E-state index in [2.05, 4.69) is 25.1 Å². The van der Waals surface area contributed by atoms with Crippen molar-refractivity contribution in [1.29, 1.82) is 0 Å². The summed E-state index contributed by atoms with van der Waals surface area (Å²) < 4.78 is 0. The highest BCUT2D eigenvalue weighted by atomic mass is 32.1. The van der Waals surface area contributed by atoms with Crippen molar-refractivity contribution in [3.8, 4) is 5.88 Å². The molecule has 0 radical (unpaired) electrons. The molecule has 0 saturated carbocycles. The number of nitrogens with zero attached hydrogens (tertiary/aromatic N) is 3. The first-order chi connectivity index (χ1) is 11.5. The zero-order chi connectivity index (χ0) is 17.5. The third kappa shape index (κ3) is 4.90.